The molecule has 0 aliphatic carbocycles. The quantitative estimate of drug-likeness (QED) is 0.928. The molecule has 6 heteroatoms. The van der Waals surface area contributed by atoms with Gasteiger partial charge in [0.25, 0.3) is 0 Å². The lowest BCUT2D eigenvalue weighted by Gasteiger charge is -2.22. The second kappa shape index (κ2) is 5.42. The van der Waals surface area contributed by atoms with E-state index in [0.717, 1.165) is 23.4 Å². The van der Waals surface area contributed by atoms with Crippen molar-refractivity contribution in [2.45, 2.75) is 45.3 Å². The lowest BCUT2D eigenvalue weighted by molar-refractivity contribution is 0.0363. The van der Waals surface area contributed by atoms with Gasteiger partial charge in [-0.15, -0.1) is 0 Å². The van der Waals surface area contributed by atoms with Crippen LogP contribution in [0, 0.1) is 6.92 Å². The van der Waals surface area contributed by atoms with Crippen LogP contribution in [-0.2, 0) is 14.8 Å². The Balaban J connectivity index is 1.82. The molecule has 22 heavy (non-hydrogen) atoms. The third-order valence-electron chi connectivity index (χ3n) is 4.36. The molecule has 0 spiro atoms. The molecule has 0 saturated carbocycles. The second-order valence-corrected chi connectivity index (χ2v) is 8.87. The van der Waals surface area contributed by atoms with Gasteiger partial charge in [-0.25, -0.2) is 8.42 Å². The number of nitrogens with one attached hydrogen (secondary N) is 1. The fourth-order valence-corrected chi connectivity index (χ4v) is 4.86. The summed E-state index contributed by atoms with van der Waals surface area (Å²) in [5.74, 6) is 0.245. The van der Waals surface area contributed by atoms with Crippen molar-refractivity contribution in [3.8, 4) is 0 Å². The molecule has 5 nitrogen and oxygen atoms in total. The summed E-state index contributed by atoms with van der Waals surface area (Å²) in [5, 5.41) is 3.47. The van der Waals surface area contributed by atoms with Gasteiger partial charge in [0.15, 0.2) is 0 Å². The average molecular weight is 324 g/mol. The first kappa shape index (κ1) is 15.6. The summed E-state index contributed by atoms with van der Waals surface area (Å²) >= 11 is 0. The standard InChI is InChI=1S/C16H24N2O3S/c1-12-5-6-13(17-14-10-16(2,3)21-11-14)9-15(12)18-7-4-8-22(18,19)20/h5-6,9,14,17H,4,7-8,10-11H2,1-3H3. The summed E-state index contributed by atoms with van der Waals surface area (Å²) in [5.41, 5.74) is 2.64. The Bertz CT molecular complexity index is 670. The second-order valence-electron chi connectivity index (χ2n) is 6.86. The van der Waals surface area contributed by atoms with Gasteiger partial charge in [0, 0.05) is 12.2 Å². The van der Waals surface area contributed by atoms with Crippen molar-refractivity contribution in [1.29, 1.82) is 0 Å². The molecule has 1 aromatic carbocycles. The first-order valence-corrected chi connectivity index (χ1v) is 9.39. The molecule has 2 saturated heterocycles. The summed E-state index contributed by atoms with van der Waals surface area (Å²) in [7, 11) is -3.14. The fraction of sp³-hybridized carbons (Fsp3) is 0.625. The van der Waals surface area contributed by atoms with Crippen LogP contribution in [0.5, 0.6) is 0 Å². The first-order valence-electron chi connectivity index (χ1n) is 7.78. The van der Waals surface area contributed by atoms with Crippen molar-refractivity contribution in [3.63, 3.8) is 0 Å². The lowest BCUT2D eigenvalue weighted by atomic mass is 10.0. The minimum Gasteiger partial charge on any atom is -0.380 e. The van der Waals surface area contributed by atoms with Crippen LogP contribution in [0.1, 0.15) is 32.3 Å². The molecule has 2 fully saturated rings. The Morgan fingerprint density at radius 1 is 1.36 bits per heavy atom. The summed E-state index contributed by atoms with van der Waals surface area (Å²) in [6.45, 7) is 7.39. The van der Waals surface area contributed by atoms with Gasteiger partial charge in [0.1, 0.15) is 0 Å². The molecular formula is C16H24N2O3S. The van der Waals surface area contributed by atoms with Gasteiger partial charge < -0.3 is 10.1 Å². The Hall–Kier alpha value is -1.27. The van der Waals surface area contributed by atoms with Gasteiger partial charge in [-0.2, -0.15) is 0 Å². The number of hydrogen-bond donors (Lipinski definition) is 1. The molecule has 0 aromatic heterocycles. The smallest absolute Gasteiger partial charge is 0.235 e. The van der Waals surface area contributed by atoms with E-state index in [-0.39, 0.29) is 17.4 Å². The van der Waals surface area contributed by atoms with E-state index in [0.29, 0.717) is 19.6 Å². The van der Waals surface area contributed by atoms with Crippen LogP contribution in [0.2, 0.25) is 0 Å². The first-order chi connectivity index (χ1) is 10.3. The largest absolute Gasteiger partial charge is 0.380 e. The van der Waals surface area contributed by atoms with E-state index >= 15 is 0 Å². The average Bonchev–Trinajstić information content (AvgIpc) is 2.94. The highest BCUT2D eigenvalue weighted by atomic mass is 32.2. The number of anilines is 2. The highest BCUT2D eigenvalue weighted by Crippen LogP contribution is 2.32. The van der Waals surface area contributed by atoms with E-state index in [9.17, 15) is 8.42 Å². The third kappa shape index (κ3) is 3.08. The number of benzene rings is 1. The monoisotopic (exact) mass is 324 g/mol. The van der Waals surface area contributed by atoms with Gasteiger partial charge in [-0.05, 0) is 51.3 Å². The zero-order chi connectivity index (χ0) is 16.0. The van der Waals surface area contributed by atoms with Gasteiger partial charge in [0.05, 0.1) is 29.7 Å². The van der Waals surface area contributed by atoms with Crippen molar-refractivity contribution in [2.24, 2.45) is 0 Å². The minimum absolute atomic E-state index is 0.0938. The number of nitrogens with zero attached hydrogens (tertiary/aromatic N) is 1. The fourth-order valence-electron chi connectivity index (χ4n) is 3.24. The van der Waals surface area contributed by atoms with Crippen LogP contribution in [0.15, 0.2) is 18.2 Å². The number of aryl methyl sites for hydroxylation is 1. The molecule has 1 atom stereocenters. The van der Waals surface area contributed by atoms with Gasteiger partial charge in [0.2, 0.25) is 10.0 Å². The number of hydrogen-bond acceptors (Lipinski definition) is 4. The number of ether oxygens (including phenoxy) is 1. The summed E-state index contributed by atoms with van der Waals surface area (Å²) in [6, 6.07) is 6.20. The van der Waals surface area contributed by atoms with Crippen LogP contribution in [-0.4, -0.2) is 39.0 Å². The van der Waals surface area contributed by atoms with E-state index < -0.39 is 10.0 Å². The summed E-state index contributed by atoms with van der Waals surface area (Å²) < 4.78 is 31.6. The van der Waals surface area contributed by atoms with Crippen molar-refractivity contribution < 1.29 is 13.2 Å². The molecule has 2 aliphatic rings. The molecule has 122 valence electrons. The van der Waals surface area contributed by atoms with E-state index in [1.807, 2.05) is 25.1 Å². The maximum Gasteiger partial charge on any atom is 0.235 e. The normalized spacial score (nSPS) is 26.3. The van der Waals surface area contributed by atoms with E-state index in [1.165, 1.54) is 0 Å². The van der Waals surface area contributed by atoms with Crippen molar-refractivity contribution in [1.82, 2.24) is 0 Å². The van der Waals surface area contributed by atoms with Crippen molar-refractivity contribution in [2.75, 3.05) is 28.5 Å². The van der Waals surface area contributed by atoms with Crippen LogP contribution in [0.25, 0.3) is 0 Å². The van der Waals surface area contributed by atoms with Gasteiger partial charge in [-0.3, -0.25) is 4.31 Å². The molecule has 2 heterocycles. The molecule has 0 radical (unpaired) electrons. The zero-order valence-corrected chi connectivity index (χ0v) is 14.2. The van der Waals surface area contributed by atoms with Crippen molar-refractivity contribution >= 4 is 21.4 Å². The maximum atomic E-state index is 12.1. The topological polar surface area (TPSA) is 58.6 Å². The van der Waals surface area contributed by atoms with Crippen molar-refractivity contribution in [3.05, 3.63) is 23.8 Å². The minimum atomic E-state index is -3.14. The summed E-state index contributed by atoms with van der Waals surface area (Å²) in [6.07, 6.45) is 1.64. The van der Waals surface area contributed by atoms with Gasteiger partial charge >= 0.3 is 0 Å². The number of sulfonamides is 1. The number of rotatable bonds is 3. The predicted molar refractivity (Wildman–Crippen MR) is 89.0 cm³/mol. The third-order valence-corrected chi connectivity index (χ3v) is 6.22. The molecule has 1 unspecified atom stereocenters. The molecule has 3 rings (SSSR count). The van der Waals surface area contributed by atoms with Gasteiger partial charge in [-0.1, -0.05) is 6.07 Å². The Kier molecular flexibility index (Phi) is 3.85. The molecule has 1 N–H and O–H groups in total. The van der Waals surface area contributed by atoms with Crippen LogP contribution < -0.4 is 9.62 Å². The van der Waals surface area contributed by atoms with E-state index in [1.54, 1.807) is 4.31 Å². The lowest BCUT2D eigenvalue weighted by Crippen LogP contribution is -2.26. The Morgan fingerprint density at radius 3 is 2.73 bits per heavy atom. The maximum absolute atomic E-state index is 12.1. The van der Waals surface area contributed by atoms with Crippen LogP contribution in [0.4, 0.5) is 11.4 Å². The van der Waals surface area contributed by atoms with Crippen LogP contribution >= 0.6 is 0 Å². The van der Waals surface area contributed by atoms with E-state index in [2.05, 4.69) is 19.2 Å². The predicted octanol–water partition coefficient (Wildman–Crippen LogP) is 2.51. The SMILES string of the molecule is Cc1ccc(NC2COC(C)(C)C2)cc1N1CCCS1(=O)=O. The highest BCUT2D eigenvalue weighted by molar-refractivity contribution is 7.93. The van der Waals surface area contributed by atoms with Crippen LogP contribution in [0.3, 0.4) is 0 Å². The molecule has 2 aliphatic heterocycles. The molecule has 0 bridgehead atoms. The van der Waals surface area contributed by atoms with E-state index in [4.69, 9.17) is 4.74 Å². The zero-order valence-electron chi connectivity index (χ0n) is 13.4. The highest BCUT2D eigenvalue weighted by Gasteiger charge is 2.32. The Morgan fingerprint density at radius 2 is 2.14 bits per heavy atom. The molecule has 1 aromatic rings. The molecule has 0 amide bonds. The summed E-state index contributed by atoms with van der Waals surface area (Å²) in [4.78, 5) is 0. The molecular weight excluding hydrogens is 300 g/mol. The Labute approximate surface area is 132 Å².